The molecule has 150 valence electrons. The normalized spacial score (nSPS) is 17.4. The lowest BCUT2D eigenvalue weighted by molar-refractivity contribution is -0.107. The van der Waals surface area contributed by atoms with Crippen LogP contribution in [0.3, 0.4) is 0 Å². The highest BCUT2D eigenvalue weighted by molar-refractivity contribution is 8.15. The Kier molecular flexibility index (Phi) is 5.67. The molecule has 0 spiro atoms. The van der Waals surface area contributed by atoms with Crippen molar-refractivity contribution in [3.63, 3.8) is 0 Å². The molecule has 1 saturated heterocycles. The maximum atomic E-state index is 12.3. The molecular weight excluding hydrogens is 402 g/mol. The second kappa shape index (κ2) is 8.71. The van der Waals surface area contributed by atoms with Crippen molar-refractivity contribution < 1.29 is 19.1 Å². The van der Waals surface area contributed by atoms with Crippen LogP contribution in [-0.4, -0.2) is 27.9 Å². The van der Waals surface area contributed by atoms with Gasteiger partial charge in [0.2, 0.25) is 5.12 Å². The first-order valence-electron chi connectivity index (χ1n) is 9.05. The number of thioether (sulfide) groups is 1. The summed E-state index contributed by atoms with van der Waals surface area (Å²) in [5, 5.41) is 16.2. The summed E-state index contributed by atoms with van der Waals surface area (Å²) in [6, 6.07) is 19.6. The van der Waals surface area contributed by atoms with Crippen molar-refractivity contribution in [1.82, 2.24) is 10.7 Å². The number of rotatable bonds is 6. The Labute approximate surface area is 176 Å². The fourth-order valence-corrected chi connectivity index (χ4v) is 3.57. The molecule has 4 rings (SSSR count). The average Bonchev–Trinajstić information content (AvgIpc) is 3.36. The zero-order valence-corrected chi connectivity index (χ0v) is 16.4. The van der Waals surface area contributed by atoms with Gasteiger partial charge in [0.1, 0.15) is 11.5 Å². The molecular formula is C22H17N3O4S. The van der Waals surface area contributed by atoms with Gasteiger partial charge in [-0.3, -0.25) is 10.2 Å². The van der Waals surface area contributed by atoms with E-state index in [1.807, 2.05) is 30.3 Å². The summed E-state index contributed by atoms with van der Waals surface area (Å²) in [7, 11) is 0. The molecule has 1 aliphatic heterocycles. The summed E-state index contributed by atoms with van der Waals surface area (Å²) >= 11 is 1.09. The van der Waals surface area contributed by atoms with Crippen molar-refractivity contribution in [3.8, 4) is 11.3 Å². The Morgan fingerprint density at radius 2 is 1.97 bits per heavy atom. The number of nitrogens with zero attached hydrogens (tertiary/aromatic N) is 1. The Morgan fingerprint density at radius 1 is 1.13 bits per heavy atom. The van der Waals surface area contributed by atoms with E-state index in [0.29, 0.717) is 22.8 Å². The maximum Gasteiger partial charge on any atom is 0.335 e. The molecule has 7 nitrogen and oxygen atoms in total. The van der Waals surface area contributed by atoms with E-state index in [2.05, 4.69) is 15.8 Å². The lowest BCUT2D eigenvalue weighted by Gasteiger charge is -2.07. The van der Waals surface area contributed by atoms with Gasteiger partial charge in [0.05, 0.1) is 17.5 Å². The molecule has 0 aliphatic carbocycles. The average molecular weight is 419 g/mol. The molecule has 2 aromatic carbocycles. The summed E-state index contributed by atoms with van der Waals surface area (Å²) in [6.07, 6.45) is 3.29. The Balaban J connectivity index is 1.43. The Bertz CT molecular complexity index is 1140. The van der Waals surface area contributed by atoms with Gasteiger partial charge in [0, 0.05) is 11.6 Å². The van der Waals surface area contributed by atoms with E-state index in [0.717, 1.165) is 17.3 Å². The highest BCUT2D eigenvalue weighted by Crippen LogP contribution is 2.27. The van der Waals surface area contributed by atoms with E-state index >= 15 is 0 Å². The van der Waals surface area contributed by atoms with Crippen LogP contribution >= 0.6 is 11.8 Å². The fourth-order valence-electron chi connectivity index (χ4n) is 2.81. The largest absolute Gasteiger partial charge is 0.478 e. The number of carboxylic acids is 1. The van der Waals surface area contributed by atoms with Gasteiger partial charge in [0.15, 0.2) is 5.50 Å². The molecule has 0 saturated carbocycles. The van der Waals surface area contributed by atoms with Crippen molar-refractivity contribution in [2.75, 3.05) is 0 Å². The molecule has 2 heterocycles. The minimum atomic E-state index is -1.00. The van der Waals surface area contributed by atoms with Crippen LogP contribution < -0.4 is 10.7 Å². The SMILES string of the molecule is O=C1SC(NN=Cc2ccccc2)NC1=Cc1ccc(-c2cccc(C(=O)O)c2)o1. The number of carbonyl (C=O) groups excluding carboxylic acids is 1. The molecule has 8 heteroatoms. The molecule has 1 atom stereocenters. The zero-order chi connectivity index (χ0) is 20.9. The predicted octanol–water partition coefficient (Wildman–Crippen LogP) is 3.76. The molecule has 0 amide bonds. The molecule has 1 aliphatic rings. The number of hydrogen-bond donors (Lipinski definition) is 3. The van der Waals surface area contributed by atoms with Gasteiger partial charge < -0.3 is 14.8 Å². The third-order valence-corrected chi connectivity index (χ3v) is 5.14. The zero-order valence-electron chi connectivity index (χ0n) is 15.6. The summed E-state index contributed by atoms with van der Waals surface area (Å²) < 4.78 is 5.77. The first-order chi connectivity index (χ1) is 14.6. The van der Waals surface area contributed by atoms with Crippen LogP contribution in [0.4, 0.5) is 0 Å². The molecule has 1 fully saturated rings. The number of benzene rings is 2. The third-order valence-electron chi connectivity index (χ3n) is 4.24. The molecule has 0 radical (unpaired) electrons. The Hall–Kier alpha value is -3.78. The number of hydrogen-bond acceptors (Lipinski definition) is 7. The summed E-state index contributed by atoms with van der Waals surface area (Å²) in [5.74, 6) is -0.00205. The predicted molar refractivity (Wildman–Crippen MR) is 116 cm³/mol. The third kappa shape index (κ3) is 4.61. The van der Waals surface area contributed by atoms with E-state index < -0.39 is 5.97 Å². The number of carbonyl (C=O) groups is 2. The fraction of sp³-hybridized carbons (Fsp3) is 0.0455. The van der Waals surface area contributed by atoms with Crippen LogP contribution in [-0.2, 0) is 4.79 Å². The number of aromatic carboxylic acids is 1. The molecule has 3 N–H and O–H groups in total. The van der Waals surface area contributed by atoms with Crippen LogP contribution in [0, 0.1) is 0 Å². The molecule has 0 bridgehead atoms. The molecule has 1 unspecified atom stereocenters. The first-order valence-corrected chi connectivity index (χ1v) is 9.93. The minimum absolute atomic E-state index is 0.131. The topological polar surface area (TPSA) is 104 Å². The van der Waals surface area contributed by atoms with Crippen molar-refractivity contribution in [1.29, 1.82) is 0 Å². The second-order valence-corrected chi connectivity index (χ2v) is 7.45. The van der Waals surface area contributed by atoms with Crippen LogP contribution in [0.15, 0.2) is 81.9 Å². The number of nitrogens with one attached hydrogen (secondary N) is 2. The smallest absolute Gasteiger partial charge is 0.335 e. The lowest BCUT2D eigenvalue weighted by atomic mass is 10.1. The number of furan rings is 1. The van der Waals surface area contributed by atoms with Gasteiger partial charge in [0.25, 0.3) is 0 Å². The van der Waals surface area contributed by atoms with Crippen molar-refractivity contribution in [2.24, 2.45) is 5.10 Å². The Morgan fingerprint density at radius 3 is 2.77 bits per heavy atom. The van der Waals surface area contributed by atoms with Gasteiger partial charge >= 0.3 is 5.97 Å². The highest BCUT2D eigenvalue weighted by atomic mass is 32.2. The van der Waals surface area contributed by atoms with E-state index in [9.17, 15) is 9.59 Å². The monoisotopic (exact) mass is 419 g/mol. The van der Waals surface area contributed by atoms with Gasteiger partial charge in [-0.1, -0.05) is 42.5 Å². The summed E-state index contributed by atoms with van der Waals surface area (Å²) in [4.78, 5) is 23.4. The van der Waals surface area contributed by atoms with E-state index in [-0.39, 0.29) is 16.2 Å². The quantitative estimate of drug-likeness (QED) is 0.317. The lowest BCUT2D eigenvalue weighted by Crippen LogP contribution is -2.30. The second-order valence-electron chi connectivity index (χ2n) is 6.37. The van der Waals surface area contributed by atoms with Crippen molar-refractivity contribution in [2.45, 2.75) is 5.50 Å². The van der Waals surface area contributed by atoms with Gasteiger partial charge in [-0.05, 0) is 41.6 Å². The van der Waals surface area contributed by atoms with Gasteiger partial charge in [-0.15, -0.1) is 0 Å². The first kappa shape index (κ1) is 19.5. The van der Waals surface area contributed by atoms with Crippen molar-refractivity contribution >= 4 is 35.1 Å². The van der Waals surface area contributed by atoms with E-state index in [1.54, 1.807) is 36.6 Å². The van der Waals surface area contributed by atoms with Gasteiger partial charge in [-0.2, -0.15) is 5.10 Å². The van der Waals surface area contributed by atoms with E-state index in [1.165, 1.54) is 12.1 Å². The summed E-state index contributed by atoms with van der Waals surface area (Å²) in [6.45, 7) is 0. The molecule has 1 aromatic heterocycles. The van der Waals surface area contributed by atoms with Crippen LogP contribution in [0.2, 0.25) is 0 Å². The molecule has 30 heavy (non-hydrogen) atoms. The van der Waals surface area contributed by atoms with E-state index in [4.69, 9.17) is 9.52 Å². The van der Waals surface area contributed by atoms with Crippen LogP contribution in [0.25, 0.3) is 17.4 Å². The standard InChI is InChI=1S/C22H17N3O4S/c26-20(27)16-8-4-7-15(11-16)19-10-9-17(29-19)12-18-21(28)30-22(24-18)25-23-13-14-5-2-1-3-6-14/h1-13,22,24-25H,(H,26,27). The molecule has 3 aromatic rings. The number of carboxylic acid groups (broad SMARTS) is 1. The van der Waals surface area contributed by atoms with Crippen LogP contribution in [0.1, 0.15) is 21.7 Å². The highest BCUT2D eigenvalue weighted by Gasteiger charge is 2.27. The van der Waals surface area contributed by atoms with Gasteiger partial charge in [-0.25, -0.2) is 4.79 Å². The van der Waals surface area contributed by atoms with Crippen LogP contribution in [0.5, 0.6) is 0 Å². The minimum Gasteiger partial charge on any atom is -0.478 e. The maximum absolute atomic E-state index is 12.3. The number of hydrazone groups is 1. The summed E-state index contributed by atoms with van der Waals surface area (Å²) in [5.41, 5.74) is 4.68. The van der Waals surface area contributed by atoms with Crippen molar-refractivity contribution in [3.05, 3.63) is 89.3 Å².